The van der Waals surface area contributed by atoms with E-state index in [0.717, 1.165) is 11.1 Å². The Morgan fingerprint density at radius 3 is 2.18 bits per heavy atom. The smallest absolute Gasteiger partial charge is 0.254 e. The van der Waals surface area contributed by atoms with Crippen LogP contribution < -0.4 is 14.2 Å². The number of ether oxygens (including phenoxy) is 3. The molecule has 33 heavy (non-hydrogen) atoms. The normalized spacial score (nSPS) is 10.1. The van der Waals surface area contributed by atoms with E-state index in [9.17, 15) is 4.79 Å². The molecule has 3 aromatic rings. The summed E-state index contributed by atoms with van der Waals surface area (Å²) in [5.74, 6) is 1.05. The van der Waals surface area contributed by atoms with Gasteiger partial charge in [-0.2, -0.15) is 5.26 Å². The van der Waals surface area contributed by atoms with Crippen molar-refractivity contribution in [3.8, 4) is 23.3 Å². The molecule has 0 bridgehead atoms. The maximum atomic E-state index is 13.4. The maximum absolute atomic E-state index is 13.4. The van der Waals surface area contributed by atoms with Crippen LogP contribution in [0.2, 0.25) is 0 Å². The summed E-state index contributed by atoms with van der Waals surface area (Å²) >= 11 is 0. The van der Waals surface area contributed by atoms with Crippen molar-refractivity contribution >= 4 is 5.91 Å². The Labute approximate surface area is 194 Å². The van der Waals surface area contributed by atoms with Crippen LogP contribution in [0.25, 0.3) is 0 Å². The quantitative estimate of drug-likeness (QED) is 0.414. The number of carbonyl (C=O) groups is 1. The van der Waals surface area contributed by atoms with Crippen LogP contribution in [0.5, 0.6) is 17.2 Å². The number of nitriles is 1. The van der Waals surface area contributed by atoms with Crippen molar-refractivity contribution in [1.29, 1.82) is 5.26 Å². The Bertz CT molecular complexity index is 1110. The standard InChI is InChI=1S/C27H26N2O4/c1-4-14-29(18-21-12-10-20(17-28)11-13-21)27(30)23-15-24(31-2)26(25(16-23)32-3)33-19-22-8-6-5-7-9-22/h4-13,15-16H,1,14,18-19H2,2-3H3. The van der Waals surface area contributed by atoms with E-state index >= 15 is 0 Å². The second-order valence-electron chi connectivity index (χ2n) is 7.27. The van der Waals surface area contributed by atoms with E-state index in [0.29, 0.717) is 48.1 Å². The molecule has 0 aliphatic heterocycles. The van der Waals surface area contributed by atoms with Crippen molar-refractivity contribution < 1.29 is 19.0 Å². The molecule has 0 aromatic heterocycles. The van der Waals surface area contributed by atoms with Gasteiger partial charge in [0.25, 0.3) is 5.91 Å². The maximum Gasteiger partial charge on any atom is 0.254 e. The number of rotatable bonds is 10. The molecule has 6 heteroatoms. The molecule has 0 heterocycles. The summed E-state index contributed by atoms with van der Waals surface area (Å²) in [6.45, 7) is 4.83. The summed E-state index contributed by atoms with van der Waals surface area (Å²) in [5.41, 5.74) is 2.89. The van der Waals surface area contributed by atoms with Crippen LogP contribution in [0.3, 0.4) is 0 Å². The van der Waals surface area contributed by atoms with Gasteiger partial charge >= 0.3 is 0 Å². The van der Waals surface area contributed by atoms with Gasteiger partial charge < -0.3 is 19.1 Å². The molecule has 0 fully saturated rings. The molecule has 168 valence electrons. The van der Waals surface area contributed by atoms with Gasteiger partial charge in [0.15, 0.2) is 11.5 Å². The van der Waals surface area contributed by atoms with Gasteiger partial charge in [-0.25, -0.2) is 0 Å². The fraction of sp³-hybridized carbons (Fsp3) is 0.185. The number of hydrogen-bond donors (Lipinski definition) is 0. The molecular weight excluding hydrogens is 416 g/mol. The predicted octanol–water partition coefficient (Wildman–Crippen LogP) is 4.98. The zero-order chi connectivity index (χ0) is 23.6. The number of amides is 1. The minimum Gasteiger partial charge on any atom is -0.493 e. The zero-order valence-electron chi connectivity index (χ0n) is 18.8. The summed E-state index contributed by atoms with van der Waals surface area (Å²) in [7, 11) is 3.05. The van der Waals surface area contributed by atoms with E-state index in [4.69, 9.17) is 19.5 Å². The third-order valence-electron chi connectivity index (χ3n) is 5.03. The fourth-order valence-electron chi connectivity index (χ4n) is 3.34. The predicted molar refractivity (Wildman–Crippen MR) is 126 cm³/mol. The molecule has 0 saturated heterocycles. The molecule has 6 nitrogen and oxygen atoms in total. The van der Waals surface area contributed by atoms with Crippen molar-refractivity contribution in [3.63, 3.8) is 0 Å². The second kappa shape index (κ2) is 11.4. The highest BCUT2D eigenvalue weighted by Gasteiger charge is 2.21. The molecule has 0 spiro atoms. The molecule has 0 aliphatic rings. The van der Waals surface area contributed by atoms with Crippen molar-refractivity contribution in [2.24, 2.45) is 0 Å². The number of methoxy groups -OCH3 is 2. The SMILES string of the molecule is C=CCN(Cc1ccc(C#N)cc1)C(=O)c1cc(OC)c(OCc2ccccc2)c(OC)c1. The van der Waals surface area contributed by atoms with Crippen molar-refractivity contribution in [1.82, 2.24) is 4.90 Å². The van der Waals surface area contributed by atoms with Crippen molar-refractivity contribution in [3.05, 3.63) is 102 Å². The van der Waals surface area contributed by atoms with Gasteiger partial charge in [-0.15, -0.1) is 6.58 Å². The van der Waals surface area contributed by atoms with E-state index < -0.39 is 0 Å². The van der Waals surface area contributed by atoms with E-state index in [-0.39, 0.29) is 5.91 Å². The van der Waals surface area contributed by atoms with Crippen molar-refractivity contribution in [2.45, 2.75) is 13.2 Å². The molecule has 0 N–H and O–H groups in total. The second-order valence-corrected chi connectivity index (χ2v) is 7.27. The average molecular weight is 443 g/mol. The number of carbonyl (C=O) groups excluding carboxylic acids is 1. The molecule has 0 saturated carbocycles. The van der Waals surface area contributed by atoms with Crippen LogP contribution in [0.1, 0.15) is 27.0 Å². The topological polar surface area (TPSA) is 71.8 Å². The largest absolute Gasteiger partial charge is 0.493 e. The number of hydrogen-bond acceptors (Lipinski definition) is 5. The molecule has 0 aliphatic carbocycles. The summed E-state index contributed by atoms with van der Waals surface area (Å²) in [6.07, 6.45) is 1.67. The first-order valence-corrected chi connectivity index (χ1v) is 10.4. The highest BCUT2D eigenvalue weighted by molar-refractivity contribution is 5.95. The van der Waals surface area contributed by atoms with Crippen LogP contribution in [-0.4, -0.2) is 31.6 Å². The summed E-state index contributed by atoms with van der Waals surface area (Å²) in [4.78, 5) is 15.0. The summed E-state index contributed by atoms with van der Waals surface area (Å²) < 4.78 is 17.0. The Hall–Kier alpha value is -4.24. The molecule has 3 rings (SSSR count). The minimum absolute atomic E-state index is 0.203. The third-order valence-corrected chi connectivity index (χ3v) is 5.03. The summed E-state index contributed by atoms with van der Waals surface area (Å²) in [5, 5.41) is 8.99. The summed E-state index contributed by atoms with van der Waals surface area (Å²) in [6, 6.07) is 22.3. The van der Waals surface area contributed by atoms with Crippen LogP contribution in [0, 0.1) is 11.3 Å². The van der Waals surface area contributed by atoms with Crippen LogP contribution in [-0.2, 0) is 13.2 Å². The zero-order valence-corrected chi connectivity index (χ0v) is 18.8. The van der Waals surface area contributed by atoms with E-state index in [2.05, 4.69) is 12.6 Å². The van der Waals surface area contributed by atoms with Crippen LogP contribution in [0.4, 0.5) is 0 Å². The number of nitrogens with zero attached hydrogens (tertiary/aromatic N) is 2. The van der Waals surface area contributed by atoms with Gasteiger partial charge in [0.2, 0.25) is 5.75 Å². The molecular formula is C27H26N2O4. The Morgan fingerprint density at radius 2 is 1.64 bits per heavy atom. The van der Waals surface area contributed by atoms with Gasteiger partial charge in [0.1, 0.15) is 6.61 Å². The molecule has 0 radical (unpaired) electrons. The Balaban J connectivity index is 1.86. The van der Waals surface area contributed by atoms with E-state index in [1.165, 1.54) is 14.2 Å². The van der Waals surface area contributed by atoms with Gasteiger partial charge in [-0.05, 0) is 35.4 Å². The lowest BCUT2D eigenvalue weighted by molar-refractivity contribution is 0.0761. The average Bonchev–Trinajstić information content (AvgIpc) is 2.87. The first-order valence-electron chi connectivity index (χ1n) is 10.4. The monoisotopic (exact) mass is 442 g/mol. The van der Waals surface area contributed by atoms with E-state index in [1.54, 1.807) is 35.2 Å². The fourth-order valence-corrected chi connectivity index (χ4v) is 3.34. The first-order chi connectivity index (χ1) is 16.1. The highest BCUT2D eigenvalue weighted by Crippen LogP contribution is 2.39. The molecule has 3 aromatic carbocycles. The lowest BCUT2D eigenvalue weighted by atomic mass is 10.1. The molecule has 0 atom stereocenters. The minimum atomic E-state index is -0.203. The first kappa shape index (κ1) is 23.4. The molecule has 1 amide bonds. The van der Waals surface area contributed by atoms with Gasteiger partial charge in [-0.1, -0.05) is 48.5 Å². The van der Waals surface area contributed by atoms with E-state index in [1.807, 2.05) is 42.5 Å². The lowest BCUT2D eigenvalue weighted by Crippen LogP contribution is -2.30. The Kier molecular flexibility index (Phi) is 8.09. The lowest BCUT2D eigenvalue weighted by Gasteiger charge is -2.23. The van der Waals surface area contributed by atoms with Crippen LogP contribution >= 0.6 is 0 Å². The Morgan fingerprint density at radius 1 is 1.00 bits per heavy atom. The third kappa shape index (κ3) is 5.92. The van der Waals surface area contributed by atoms with Crippen molar-refractivity contribution in [2.75, 3.05) is 20.8 Å². The molecule has 0 unspecified atom stereocenters. The van der Waals surface area contributed by atoms with Crippen LogP contribution in [0.15, 0.2) is 79.4 Å². The van der Waals surface area contributed by atoms with Gasteiger partial charge in [0.05, 0.1) is 25.9 Å². The van der Waals surface area contributed by atoms with Gasteiger partial charge in [-0.3, -0.25) is 4.79 Å². The number of benzene rings is 3. The highest BCUT2D eigenvalue weighted by atomic mass is 16.5. The van der Waals surface area contributed by atoms with Gasteiger partial charge in [0, 0.05) is 18.7 Å².